The summed E-state index contributed by atoms with van der Waals surface area (Å²) in [5, 5.41) is 0. The summed E-state index contributed by atoms with van der Waals surface area (Å²) in [7, 11) is 1.71. The number of nitrogens with zero attached hydrogens (tertiary/aromatic N) is 4. The number of para-hydroxylation sites is 2. The number of carbonyl (C=O) groups excluding carboxylic acids is 1. The molecular weight excluding hydrogens is 468 g/mol. The van der Waals surface area contributed by atoms with E-state index in [1.165, 1.54) is 0 Å². The first-order valence-corrected chi connectivity index (χ1v) is 11.5. The van der Waals surface area contributed by atoms with E-state index in [-0.39, 0.29) is 5.91 Å². The molecule has 3 aromatic rings. The Bertz CT molecular complexity index is 1020. The molecule has 1 amide bonds. The quantitative estimate of drug-likeness (QED) is 0.489. The molecule has 0 radical (unpaired) electrons. The minimum atomic E-state index is -0.0381. The van der Waals surface area contributed by atoms with Gasteiger partial charge in [-0.3, -0.25) is 14.6 Å². The molecule has 2 heterocycles. The number of piperazine rings is 1. The van der Waals surface area contributed by atoms with Crippen molar-refractivity contribution in [3.05, 3.63) is 83.0 Å². The van der Waals surface area contributed by atoms with Crippen molar-refractivity contribution in [1.82, 2.24) is 9.88 Å². The van der Waals surface area contributed by atoms with Gasteiger partial charge in [0.2, 0.25) is 0 Å². The third-order valence-corrected chi connectivity index (χ3v) is 6.23. The van der Waals surface area contributed by atoms with Crippen molar-refractivity contribution in [2.75, 3.05) is 56.2 Å². The Morgan fingerprint density at radius 2 is 1.72 bits per heavy atom. The van der Waals surface area contributed by atoms with Crippen LogP contribution in [0.1, 0.15) is 10.4 Å². The maximum Gasteiger partial charge on any atom is 0.259 e. The normalized spacial score (nSPS) is 14.2. The number of carbonyl (C=O) groups is 1. The van der Waals surface area contributed by atoms with E-state index in [0.29, 0.717) is 17.9 Å². The molecule has 0 spiro atoms. The van der Waals surface area contributed by atoms with E-state index in [1.54, 1.807) is 18.2 Å². The monoisotopic (exact) mass is 494 g/mol. The molecule has 1 saturated heterocycles. The van der Waals surface area contributed by atoms with Crippen molar-refractivity contribution in [3.63, 3.8) is 0 Å². The van der Waals surface area contributed by atoms with Crippen LogP contribution in [0.4, 0.5) is 11.5 Å². The minimum Gasteiger partial charge on any atom is -0.495 e. The van der Waals surface area contributed by atoms with Gasteiger partial charge in [0, 0.05) is 55.5 Å². The van der Waals surface area contributed by atoms with Crippen molar-refractivity contribution in [2.45, 2.75) is 0 Å². The Hall–Kier alpha value is -2.90. The van der Waals surface area contributed by atoms with E-state index in [1.807, 2.05) is 60.7 Å². The van der Waals surface area contributed by atoms with Gasteiger partial charge in [-0.2, -0.15) is 0 Å². The Morgan fingerprint density at radius 1 is 1.00 bits per heavy atom. The summed E-state index contributed by atoms with van der Waals surface area (Å²) in [6, 6.07) is 21.3. The van der Waals surface area contributed by atoms with Crippen LogP contribution in [0.15, 0.2) is 77.4 Å². The standard InChI is InChI=1S/C25H27BrN4O2/c1-32-23-7-3-2-6-22(23)29-17-14-28(15-18-29)16-19-30(24-8-4-5-13-27-24)25(31)20-9-11-21(26)12-10-20/h2-13H,14-19H2,1H3. The summed E-state index contributed by atoms with van der Waals surface area (Å²) in [6.07, 6.45) is 1.73. The van der Waals surface area contributed by atoms with E-state index in [0.717, 1.165) is 48.6 Å². The third-order valence-electron chi connectivity index (χ3n) is 5.70. The van der Waals surface area contributed by atoms with Crippen LogP contribution in [-0.2, 0) is 0 Å². The van der Waals surface area contributed by atoms with E-state index in [4.69, 9.17) is 4.74 Å². The Labute approximate surface area is 197 Å². The van der Waals surface area contributed by atoms with Crippen LogP contribution in [0.25, 0.3) is 0 Å². The number of hydrogen-bond acceptors (Lipinski definition) is 5. The summed E-state index contributed by atoms with van der Waals surface area (Å²) in [6.45, 7) is 5.08. The fourth-order valence-corrected chi connectivity index (χ4v) is 4.19. The van der Waals surface area contributed by atoms with Gasteiger partial charge in [-0.1, -0.05) is 34.1 Å². The maximum absolute atomic E-state index is 13.3. The van der Waals surface area contributed by atoms with Crippen molar-refractivity contribution in [3.8, 4) is 5.75 Å². The molecule has 0 unspecified atom stereocenters. The van der Waals surface area contributed by atoms with Crippen molar-refractivity contribution in [1.29, 1.82) is 0 Å². The molecule has 1 aliphatic rings. The van der Waals surface area contributed by atoms with Crippen molar-refractivity contribution < 1.29 is 9.53 Å². The number of anilines is 2. The molecule has 166 valence electrons. The molecule has 32 heavy (non-hydrogen) atoms. The molecule has 6 nitrogen and oxygen atoms in total. The minimum absolute atomic E-state index is 0.0381. The van der Waals surface area contributed by atoms with Crippen LogP contribution in [0.3, 0.4) is 0 Å². The molecule has 0 N–H and O–H groups in total. The number of amides is 1. The van der Waals surface area contributed by atoms with Gasteiger partial charge in [-0.25, -0.2) is 4.98 Å². The molecule has 0 aliphatic carbocycles. The van der Waals surface area contributed by atoms with E-state index in [2.05, 4.69) is 36.8 Å². The highest BCUT2D eigenvalue weighted by Gasteiger charge is 2.23. The van der Waals surface area contributed by atoms with Gasteiger partial charge in [0.1, 0.15) is 11.6 Å². The van der Waals surface area contributed by atoms with Crippen LogP contribution in [0.2, 0.25) is 0 Å². The lowest BCUT2D eigenvalue weighted by molar-refractivity contribution is 0.0982. The highest BCUT2D eigenvalue weighted by atomic mass is 79.9. The van der Waals surface area contributed by atoms with Crippen LogP contribution in [0.5, 0.6) is 5.75 Å². The zero-order valence-electron chi connectivity index (χ0n) is 18.2. The van der Waals surface area contributed by atoms with E-state index >= 15 is 0 Å². The topological polar surface area (TPSA) is 48.9 Å². The first kappa shape index (κ1) is 22.3. The number of aromatic nitrogens is 1. The fourth-order valence-electron chi connectivity index (χ4n) is 3.93. The number of rotatable bonds is 7. The number of halogens is 1. The average molecular weight is 495 g/mol. The lowest BCUT2D eigenvalue weighted by atomic mass is 10.2. The van der Waals surface area contributed by atoms with Crippen LogP contribution < -0.4 is 14.5 Å². The highest BCUT2D eigenvalue weighted by Crippen LogP contribution is 2.28. The fraction of sp³-hybridized carbons (Fsp3) is 0.280. The van der Waals surface area contributed by atoms with Crippen LogP contribution in [0, 0.1) is 0 Å². The largest absolute Gasteiger partial charge is 0.495 e. The van der Waals surface area contributed by atoms with Gasteiger partial charge in [0.05, 0.1) is 12.8 Å². The highest BCUT2D eigenvalue weighted by molar-refractivity contribution is 9.10. The summed E-state index contributed by atoms with van der Waals surface area (Å²) in [5.74, 6) is 1.54. The summed E-state index contributed by atoms with van der Waals surface area (Å²) in [5.41, 5.74) is 1.79. The molecule has 1 aromatic heterocycles. The molecule has 7 heteroatoms. The van der Waals surface area contributed by atoms with Gasteiger partial charge >= 0.3 is 0 Å². The van der Waals surface area contributed by atoms with Gasteiger partial charge in [0.15, 0.2) is 0 Å². The zero-order chi connectivity index (χ0) is 22.3. The second-order valence-electron chi connectivity index (χ2n) is 7.65. The number of benzene rings is 2. The Balaban J connectivity index is 1.41. The number of hydrogen-bond donors (Lipinski definition) is 0. The van der Waals surface area contributed by atoms with Gasteiger partial charge in [-0.15, -0.1) is 0 Å². The van der Waals surface area contributed by atoms with Crippen molar-refractivity contribution in [2.24, 2.45) is 0 Å². The number of methoxy groups -OCH3 is 1. The molecule has 0 atom stereocenters. The maximum atomic E-state index is 13.3. The predicted octanol–water partition coefficient (Wildman–Crippen LogP) is 4.32. The number of ether oxygens (including phenoxy) is 1. The smallest absolute Gasteiger partial charge is 0.259 e. The molecule has 1 aliphatic heterocycles. The van der Waals surface area contributed by atoms with E-state index in [9.17, 15) is 4.79 Å². The molecular formula is C25H27BrN4O2. The predicted molar refractivity (Wildman–Crippen MR) is 132 cm³/mol. The first-order chi connectivity index (χ1) is 15.7. The van der Waals surface area contributed by atoms with Gasteiger partial charge < -0.3 is 9.64 Å². The molecule has 1 fully saturated rings. The first-order valence-electron chi connectivity index (χ1n) is 10.7. The Morgan fingerprint density at radius 3 is 2.41 bits per heavy atom. The van der Waals surface area contributed by atoms with Crippen molar-refractivity contribution >= 4 is 33.3 Å². The lowest BCUT2D eigenvalue weighted by Crippen LogP contribution is -2.49. The molecule has 0 bridgehead atoms. The second kappa shape index (κ2) is 10.6. The van der Waals surface area contributed by atoms with Gasteiger partial charge in [0.25, 0.3) is 5.91 Å². The molecule has 4 rings (SSSR count). The SMILES string of the molecule is COc1ccccc1N1CCN(CCN(C(=O)c2ccc(Br)cc2)c2ccccn2)CC1. The van der Waals surface area contributed by atoms with Crippen LogP contribution in [-0.4, -0.2) is 62.2 Å². The lowest BCUT2D eigenvalue weighted by Gasteiger charge is -2.37. The zero-order valence-corrected chi connectivity index (χ0v) is 19.7. The van der Waals surface area contributed by atoms with E-state index < -0.39 is 0 Å². The average Bonchev–Trinajstić information content (AvgIpc) is 2.85. The Kier molecular flexibility index (Phi) is 7.39. The molecule has 0 saturated carbocycles. The molecule has 2 aromatic carbocycles. The van der Waals surface area contributed by atoms with Gasteiger partial charge in [-0.05, 0) is 48.5 Å². The summed E-state index contributed by atoms with van der Waals surface area (Å²) >= 11 is 3.43. The number of pyridine rings is 1. The second-order valence-corrected chi connectivity index (χ2v) is 8.57. The van der Waals surface area contributed by atoms with Crippen LogP contribution >= 0.6 is 15.9 Å². The summed E-state index contributed by atoms with van der Waals surface area (Å²) < 4.78 is 6.47. The third kappa shape index (κ3) is 5.29. The summed E-state index contributed by atoms with van der Waals surface area (Å²) in [4.78, 5) is 24.2.